The number of rotatable bonds is 8. The number of nitro groups is 1. The molecule has 0 radical (unpaired) electrons. The maximum atomic E-state index is 12.8. The maximum absolute atomic E-state index is 12.8. The molecule has 4 rings (SSSR count). The minimum Gasteiger partial charge on any atom is -0.406 e. The van der Waals surface area contributed by atoms with Crippen LogP contribution in [0.3, 0.4) is 0 Å². The van der Waals surface area contributed by atoms with Gasteiger partial charge in [0, 0.05) is 18.2 Å². The van der Waals surface area contributed by atoms with Crippen molar-refractivity contribution in [3.8, 4) is 17.1 Å². The highest BCUT2D eigenvalue weighted by atomic mass is 32.1. The fraction of sp³-hybridized carbons (Fsp3) is 0.238. The SMILES string of the molecule is CN(C)CCn1ncc2c(NC(=O)c3ccc([N+](=O)[O-])s3)nc(-c3ccc(OC(F)(F)F)cc3)nc21. The Bertz CT molecular complexity index is 1420. The van der Waals surface area contributed by atoms with E-state index in [-0.39, 0.29) is 21.5 Å². The number of ether oxygens (including phenoxy) is 1. The predicted molar refractivity (Wildman–Crippen MR) is 125 cm³/mol. The number of hydrogen-bond donors (Lipinski definition) is 1. The highest BCUT2D eigenvalue weighted by molar-refractivity contribution is 7.17. The number of nitrogens with one attached hydrogen (secondary N) is 1. The number of halogens is 3. The molecule has 0 spiro atoms. The number of alkyl halides is 3. The van der Waals surface area contributed by atoms with Crippen molar-refractivity contribution in [3.05, 3.63) is 57.6 Å². The van der Waals surface area contributed by atoms with Crippen molar-refractivity contribution in [2.75, 3.05) is 26.0 Å². The van der Waals surface area contributed by atoms with Gasteiger partial charge in [-0.2, -0.15) is 5.10 Å². The zero-order valence-electron chi connectivity index (χ0n) is 18.8. The van der Waals surface area contributed by atoms with E-state index in [1.165, 1.54) is 30.5 Å². The van der Waals surface area contributed by atoms with Crippen molar-refractivity contribution < 1.29 is 27.6 Å². The molecule has 1 aromatic carbocycles. The van der Waals surface area contributed by atoms with Crippen LogP contribution in [-0.2, 0) is 6.54 Å². The normalized spacial score (nSPS) is 11.7. The number of likely N-dealkylation sites (N-methyl/N-ethyl adjacent to an activating group) is 1. The van der Waals surface area contributed by atoms with Crippen molar-refractivity contribution in [2.24, 2.45) is 0 Å². The molecule has 4 aromatic rings. The van der Waals surface area contributed by atoms with E-state index in [4.69, 9.17) is 0 Å². The number of aromatic nitrogens is 4. The van der Waals surface area contributed by atoms with Crippen molar-refractivity contribution in [1.29, 1.82) is 0 Å². The largest absolute Gasteiger partial charge is 0.573 e. The molecule has 11 nitrogen and oxygen atoms in total. The van der Waals surface area contributed by atoms with Crippen LogP contribution < -0.4 is 10.1 Å². The molecule has 0 aliphatic heterocycles. The maximum Gasteiger partial charge on any atom is 0.573 e. The summed E-state index contributed by atoms with van der Waals surface area (Å²) in [5.74, 6) is -0.798. The number of nitrogens with zero attached hydrogens (tertiary/aromatic N) is 6. The van der Waals surface area contributed by atoms with Gasteiger partial charge in [0.05, 0.1) is 27.9 Å². The third kappa shape index (κ3) is 5.75. The van der Waals surface area contributed by atoms with E-state index in [1.807, 2.05) is 19.0 Å². The lowest BCUT2D eigenvalue weighted by atomic mass is 10.2. The summed E-state index contributed by atoms with van der Waals surface area (Å²) in [4.78, 5) is 34.1. The van der Waals surface area contributed by atoms with Gasteiger partial charge in [-0.25, -0.2) is 14.6 Å². The second-order valence-electron chi connectivity index (χ2n) is 7.73. The number of fused-ring (bicyclic) bond motifs is 1. The number of carbonyl (C=O) groups excluding carboxylic acids is 1. The average molecular weight is 521 g/mol. The first-order chi connectivity index (χ1) is 17.0. The first-order valence-electron chi connectivity index (χ1n) is 10.3. The molecule has 1 amide bonds. The zero-order valence-corrected chi connectivity index (χ0v) is 19.6. The summed E-state index contributed by atoms with van der Waals surface area (Å²) in [6.45, 7) is 1.11. The monoisotopic (exact) mass is 521 g/mol. The third-order valence-electron chi connectivity index (χ3n) is 4.83. The lowest BCUT2D eigenvalue weighted by Gasteiger charge is -2.12. The van der Waals surface area contributed by atoms with Crippen LogP contribution in [0.1, 0.15) is 9.67 Å². The number of amides is 1. The molecule has 36 heavy (non-hydrogen) atoms. The van der Waals surface area contributed by atoms with Crippen LogP contribution in [0, 0.1) is 10.1 Å². The minimum absolute atomic E-state index is 0.0998. The number of hydrogen-bond acceptors (Lipinski definition) is 9. The zero-order chi connectivity index (χ0) is 26.0. The number of anilines is 1. The van der Waals surface area contributed by atoms with Crippen LogP contribution in [0.5, 0.6) is 5.75 Å². The topological polar surface area (TPSA) is 128 Å². The molecule has 0 unspecified atom stereocenters. The van der Waals surface area contributed by atoms with Gasteiger partial charge in [-0.1, -0.05) is 11.3 Å². The van der Waals surface area contributed by atoms with Crippen molar-refractivity contribution >= 4 is 39.1 Å². The van der Waals surface area contributed by atoms with Gasteiger partial charge in [-0.3, -0.25) is 14.9 Å². The lowest BCUT2D eigenvalue weighted by molar-refractivity contribution is -0.380. The Kier molecular flexibility index (Phi) is 6.85. The standard InChI is InChI=1S/C21H18F3N7O4S/c1-29(2)9-10-30-19-14(11-25-30)18(28-20(32)15-7-8-16(36-15)31(33)34)26-17(27-19)12-3-5-13(6-4-12)35-21(22,23)24/h3-8,11H,9-10H2,1-2H3,(H,26,27,28,32). The molecule has 0 atom stereocenters. The summed E-state index contributed by atoms with van der Waals surface area (Å²) < 4.78 is 43.0. The van der Waals surface area contributed by atoms with Gasteiger partial charge in [0.1, 0.15) is 11.6 Å². The first-order valence-corrected chi connectivity index (χ1v) is 11.1. The average Bonchev–Trinajstić information content (AvgIpc) is 3.45. The van der Waals surface area contributed by atoms with Gasteiger partial charge >= 0.3 is 11.4 Å². The molecule has 0 aliphatic rings. The molecule has 3 aromatic heterocycles. The van der Waals surface area contributed by atoms with E-state index >= 15 is 0 Å². The van der Waals surface area contributed by atoms with Crippen LogP contribution in [0.25, 0.3) is 22.4 Å². The molecule has 0 saturated carbocycles. The van der Waals surface area contributed by atoms with Crippen molar-refractivity contribution in [3.63, 3.8) is 0 Å². The van der Waals surface area contributed by atoms with Crippen LogP contribution in [0.4, 0.5) is 24.0 Å². The summed E-state index contributed by atoms with van der Waals surface area (Å²) in [5.41, 5.74) is 0.763. The van der Waals surface area contributed by atoms with Crippen LogP contribution in [-0.4, -0.2) is 62.5 Å². The molecule has 0 saturated heterocycles. The number of benzene rings is 1. The second-order valence-corrected chi connectivity index (χ2v) is 8.79. The smallest absolute Gasteiger partial charge is 0.406 e. The summed E-state index contributed by atoms with van der Waals surface area (Å²) in [6.07, 6.45) is -3.34. The molecule has 0 fully saturated rings. The lowest BCUT2D eigenvalue weighted by Crippen LogP contribution is -2.19. The Morgan fingerprint density at radius 1 is 1.19 bits per heavy atom. The van der Waals surface area contributed by atoms with Gasteiger partial charge < -0.3 is 15.0 Å². The summed E-state index contributed by atoms with van der Waals surface area (Å²) in [5, 5.41) is 18.2. The van der Waals surface area contributed by atoms with Gasteiger partial charge in [-0.05, 0) is 44.4 Å². The van der Waals surface area contributed by atoms with Gasteiger partial charge in [0.25, 0.3) is 5.91 Å². The predicted octanol–water partition coefficient (Wildman–Crippen LogP) is 4.18. The second kappa shape index (κ2) is 9.87. The minimum atomic E-state index is -4.83. The van der Waals surface area contributed by atoms with E-state index in [1.54, 1.807) is 4.68 Å². The van der Waals surface area contributed by atoms with Crippen molar-refractivity contribution in [1.82, 2.24) is 24.6 Å². The van der Waals surface area contributed by atoms with Crippen LogP contribution >= 0.6 is 11.3 Å². The number of carbonyl (C=O) groups is 1. The molecular weight excluding hydrogens is 503 g/mol. The highest BCUT2D eigenvalue weighted by Crippen LogP contribution is 2.30. The fourth-order valence-electron chi connectivity index (χ4n) is 3.16. The summed E-state index contributed by atoms with van der Waals surface area (Å²) in [6, 6.07) is 7.53. The first kappa shape index (κ1) is 25.0. The molecule has 0 aliphatic carbocycles. The molecular formula is C21H18F3N7O4S. The van der Waals surface area contributed by atoms with Gasteiger partial charge in [-0.15, -0.1) is 13.2 Å². The number of thiophene rings is 1. The molecule has 0 bridgehead atoms. The Balaban J connectivity index is 1.72. The van der Waals surface area contributed by atoms with Gasteiger partial charge in [0.15, 0.2) is 11.5 Å². The molecule has 188 valence electrons. The highest BCUT2D eigenvalue weighted by Gasteiger charge is 2.31. The molecule has 15 heteroatoms. The van der Waals surface area contributed by atoms with Crippen LogP contribution in [0.2, 0.25) is 0 Å². The van der Waals surface area contributed by atoms with E-state index < -0.39 is 22.9 Å². The molecule has 3 heterocycles. The van der Waals surface area contributed by atoms with Crippen LogP contribution in [0.15, 0.2) is 42.6 Å². The fourth-order valence-corrected chi connectivity index (χ4v) is 3.88. The van der Waals surface area contributed by atoms with Crippen molar-refractivity contribution in [2.45, 2.75) is 12.9 Å². The Morgan fingerprint density at radius 3 is 2.53 bits per heavy atom. The van der Waals surface area contributed by atoms with E-state index in [2.05, 4.69) is 25.1 Å². The van der Waals surface area contributed by atoms with E-state index in [0.717, 1.165) is 12.1 Å². The third-order valence-corrected chi connectivity index (χ3v) is 5.86. The summed E-state index contributed by atoms with van der Waals surface area (Å²) >= 11 is 0.710. The van der Waals surface area contributed by atoms with Gasteiger partial charge in [0.2, 0.25) is 0 Å². The van der Waals surface area contributed by atoms with E-state index in [0.29, 0.717) is 41.0 Å². The summed E-state index contributed by atoms with van der Waals surface area (Å²) in [7, 11) is 3.78. The Morgan fingerprint density at radius 2 is 1.92 bits per heavy atom. The Labute approximate surface area is 205 Å². The quantitative estimate of drug-likeness (QED) is 0.270. The van der Waals surface area contributed by atoms with E-state index in [9.17, 15) is 28.1 Å². The molecule has 1 N–H and O–H groups in total. The Hall–Kier alpha value is -4.11.